The molecule has 1 N–H and O–H groups in total. The van der Waals surface area contributed by atoms with E-state index >= 15 is 0 Å². The van der Waals surface area contributed by atoms with Gasteiger partial charge in [-0.15, -0.1) is 24.0 Å². The minimum atomic E-state index is -3.35. The molecule has 0 spiro atoms. The Kier molecular flexibility index (Phi) is 9.64. The molecule has 0 aliphatic carbocycles. The summed E-state index contributed by atoms with van der Waals surface area (Å²) < 4.78 is 32.7. The Bertz CT molecular complexity index is 744. The van der Waals surface area contributed by atoms with E-state index in [1.807, 2.05) is 44.2 Å². The first kappa shape index (κ1) is 24.4. The molecule has 2 unspecified atom stereocenters. The Balaban J connectivity index is 0.00000300. The van der Waals surface area contributed by atoms with Crippen molar-refractivity contribution >= 4 is 45.6 Å². The lowest BCUT2D eigenvalue weighted by Crippen LogP contribution is -2.49. The summed E-state index contributed by atoms with van der Waals surface area (Å²) in [4.78, 5) is 6.88. The molecular formula is C20H33IN4O3S. The van der Waals surface area contributed by atoms with Crippen LogP contribution in [0.3, 0.4) is 0 Å². The predicted octanol–water partition coefficient (Wildman–Crippen LogP) is 3.00. The van der Waals surface area contributed by atoms with Gasteiger partial charge in [-0.2, -0.15) is 4.31 Å². The summed E-state index contributed by atoms with van der Waals surface area (Å²) in [6, 6.07) is 9.90. The topological polar surface area (TPSA) is 74.2 Å². The summed E-state index contributed by atoms with van der Waals surface area (Å²) in [5.41, 5.74) is 0.963. The van der Waals surface area contributed by atoms with Crippen LogP contribution in [0.15, 0.2) is 35.3 Å². The first-order chi connectivity index (χ1) is 13.4. The van der Waals surface area contributed by atoms with E-state index in [2.05, 4.69) is 15.2 Å². The number of hydrogen-bond acceptors (Lipinski definition) is 4. The lowest BCUT2D eigenvalue weighted by molar-refractivity contribution is -0.0440. The molecule has 9 heteroatoms. The van der Waals surface area contributed by atoms with Gasteiger partial charge in [-0.05, 0) is 45.2 Å². The van der Waals surface area contributed by atoms with Crippen molar-refractivity contribution in [2.75, 3.05) is 43.8 Å². The molecule has 2 saturated heterocycles. The average molecular weight is 536 g/mol. The normalized spacial score (nSPS) is 24.1. The maximum Gasteiger partial charge on any atom is 0.216 e. The van der Waals surface area contributed by atoms with Gasteiger partial charge in [-0.3, -0.25) is 4.99 Å². The van der Waals surface area contributed by atoms with E-state index < -0.39 is 10.0 Å². The lowest BCUT2D eigenvalue weighted by Gasteiger charge is -2.34. The van der Waals surface area contributed by atoms with Crippen molar-refractivity contribution in [3.05, 3.63) is 30.3 Å². The highest BCUT2D eigenvalue weighted by Gasteiger charge is 2.30. The van der Waals surface area contributed by atoms with Gasteiger partial charge in [-0.1, -0.05) is 18.2 Å². The van der Waals surface area contributed by atoms with E-state index in [1.54, 1.807) is 4.31 Å². The van der Waals surface area contributed by atoms with Crippen molar-refractivity contribution < 1.29 is 13.2 Å². The third-order valence-corrected chi connectivity index (χ3v) is 6.86. The number of hydrogen-bond donors (Lipinski definition) is 1. The number of ether oxygens (including phenoxy) is 1. The van der Waals surface area contributed by atoms with Crippen LogP contribution in [0.5, 0.6) is 0 Å². The molecule has 0 bridgehead atoms. The van der Waals surface area contributed by atoms with Crippen LogP contribution in [0.2, 0.25) is 0 Å². The van der Waals surface area contributed by atoms with E-state index in [4.69, 9.17) is 4.74 Å². The molecule has 0 aromatic heterocycles. The van der Waals surface area contributed by atoms with Crippen molar-refractivity contribution in [3.8, 4) is 0 Å². The van der Waals surface area contributed by atoms with E-state index in [1.165, 1.54) is 6.42 Å². The highest BCUT2D eigenvalue weighted by atomic mass is 127. The molecule has 7 nitrogen and oxygen atoms in total. The molecule has 1 aromatic carbocycles. The zero-order valence-corrected chi connectivity index (χ0v) is 20.4. The van der Waals surface area contributed by atoms with Gasteiger partial charge in [-0.25, -0.2) is 8.42 Å². The van der Waals surface area contributed by atoms with Crippen LogP contribution < -0.4 is 5.32 Å². The van der Waals surface area contributed by atoms with Gasteiger partial charge >= 0.3 is 0 Å². The van der Waals surface area contributed by atoms with Crippen molar-refractivity contribution in [2.45, 2.75) is 45.3 Å². The van der Waals surface area contributed by atoms with Gasteiger partial charge in [0.25, 0.3) is 0 Å². The molecule has 2 atom stereocenters. The number of halogens is 1. The lowest BCUT2D eigenvalue weighted by atomic mass is 10.1. The average Bonchev–Trinajstić information content (AvgIpc) is 2.68. The number of benzene rings is 1. The molecule has 0 saturated carbocycles. The van der Waals surface area contributed by atoms with Crippen molar-refractivity contribution in [1.82, 2.24) is 9.21 Å². The minimum Gasteiger partial charge on any atom is -0.373 e. The van der Waals surface area contributed by atoms with Crippen LogP contribution in [0, 0.1) is 0 Å². The van der Waals surface area contributed by atoms with Crippen LogP contribution in [0.1, 0.15) is 33.1 Å². The third-order valence-electron chi connectivity index (χ3n) is 5.08. The number of anilines is 1. The molecule has 29 heavy (non-hydrogen) atoms. The van der Waals surface area contributed by atoms with Gasteiger partial charge in [0.05, 0.1) is 24.5 Å². The summed E-state index contributed by atoms with van der Waals surface area (Å²) in [5.74, 6) is 0.782. The monoisotopic (exact) mass is 536 g/mol. The van der Waals surface area contributed by atoms with Crippen molar-refractivity contribution in [1.29, 1.82) is 0 Å². The second-order valence-corrected chi connectivity index (χ2v) is 9.72. The van der Waals surface area contributed by atoms with E-state index in [0.717, 1.165) is 37.6 Å². The largest absolute Gasteiger partial charge is 0.373 e. The quantitative estimate of drug-likeness (QED) is 0.356. The van der Waals surface area contributed by atoms with Crippen LogP contribution in [-0.4, -0.2) is 74.3 Å². The first-order valence-electron chi connectivity index (χ1n) is 10.2. The number of nitrogens with one attached hydrogen (secondary N) is 1. The van der Waals surface area contributed by atoms with E-state index in [9.17, 15) is 8.42 Å². The molecule has 2 aliphatic rings. The molecule has 164 valence electrons. The molecular weight excluding hydrogens is 503 g/mol. The number of morpholine rings is 1. The number of nitrogens with zero attached hydrogens (tertiary/aromatic N) is 3. The number of rotatable bonds is 5. The maximum absolute atomic E-state index is 12.8. The van der Waals surface area contributed by atoms with Crippen LogP contribution >= 0.6 is 24.0 Å². The Morgan fingerprint density at radius 3 is 2.34 bits per heavy atom. The van der Waals surface area contributed by atoms with Gasteiger partial charge in [0.1, 0.15) is 0 Å². The van der Waals surface area contributed by atoms with Gasteiger partial charge in [0.2, 0.25) is 10.0 Å². The minimum absolute atomic E-state index is 0. The Morgan fingerprint density at radius 1 is 1.10 bits per heavy atom. The van der Waals surface area contributed by atoms with Crippen molar-refractivity contribution in [2.24, 2.45) is 4.99 Å². The summed E-state index contributed by atoms with van der Waals surface area (Å²) in [7, 11) is -3.35. The fourth-order valence-corrected chi connectivity index (χ4v) is 5.18. The second-order valence-electron chi connectivity index (χ2n) is 7.63. The summed E-state index contributed by atoms with van der Waals surface area (Å²) >= 11 is 0. The number of aliphatic imine (C=N–C) groups is 1. The highest BCUT2D eigenvalue weighted by Crippen LogP contribution is 2.16. The number of para-hydroxylation sites is 1. The summed E-state index contributed by atoms with van der Waals surface area (Å²) in [6.45, 7) is 6.79. The third kappa shape index (κ3) is 7.37. The Hall–Kier alpha value is -0.910. The van der Waals surface area contributed by atoms with Crippen LogP contribution in [0.4, 0.5) is 5.69 Å². The Labute approximate surface area is 192 Å². The fraction of sp³-hybridized carbons (Fsp3) is 0.650. The standard InChI is InChI=1S/C20H32N4O3S.HI/c1-17-15-24(16-18(2)27-17)28(25,26)14-11-21-20(23-12-7-4-8-13-23)22-19-9-5-3-6-10-19;/h3,5-6,9-10,17-18H,4,7-8,11-16H2,1-2H3,(H,21,22);1H. The van der Waals surface area contributed by atoms with Crippen molar-refractivity contribution in [3.63, 3.8) is 0 Å². The van der Waals surface area contributed by atoms with E-state index in [0.29, 0.717) is 13.1 Å². The van der Waals surface area contributed by atoms with Crippen LogP contribution in [0.25, 0.3) is 0 Å². The van der Waals surface area contributed by atoms with E-state index in [-0.39, 0.29) is 48.5 Å². The maximum atomic E-state index is 12.8. The summed E-state index contributed by atoms with van der Waals surface area (Å²) in [5, 5.41) is 3.38. The number of guanidine groups is 1. The number of likely N-dealkylation sites (tertiary alicyclic amines) is 1. The Morgan fingerprint density at radius 2 is 1.72 bits per heavy atom. The van der Waals surface area contributed by atoms with Gasteiger partial charge in [0, 0.05) is 31.9 Å². The summed E-state index contributed by atoms with van der Waals surface area (Å²) in [6.07, 6.45) is 3.35. The number of sulfonamides is 1. The van der Waals surface area contributed by atoms with Crippen LogP contribution in [-0.2, 0) is 14.8 Å². The molecule has 2 aliphatic heterocycles. The number of piperidine rings is 1. The zero-order valence-electron chi connectivity index (χ0n) is 17.3. The van der Waals surface area contributed by atoms with Gasteiger partial charge < -0.3 is 15.0 Å². The smallest absolute Gasteiger partial charge is 0.216 e. The molecule has 1 aromatic rings. The first-order valence-corrected chi connectivity index (χ1v) is 11.8. The van der Waals surface area contributed by atoms with Gasteiger partial charge in [0.15, 0.2) is 5.96 Å². The molecule has 2 heterocycles. The molecule has 0 amide bonds. The SMILES string of the molecule is CC1CN(S(=O)(=O)CCN=C(Nc2ccccc2)N2CCCCC2)CC(C)O1.I. The molecule has 3 rings (SSSR count). The zero-order chi connectivity index (χ0) is 20.0. The second kappa shape index (κ2) is 11.5. The highest BCUT2D eigenvalue weighted by molar-refractivity contribution is 14.0. The molecule has 0 radical (unpaired) electrons. The fourth-order valence-electron chi connectivity index (χ4n) is 3.73. The molecule has 2 fully saturated rings. The predicted molar refractivity (Wildman–Crippen MR) is 129 cm³/mol.